The van der Waals surface area contributed by atoms with Crippen LogP contribution < -0.4 is 9.47 Å². The van der Waals surface area contributed by atoms with Crippen molar-refractivity contribution in [2.75, 3.05) is 20.8 Å². The first kappa shape index (κ1) is 20.5. The molecule has 0 saturated carbocycles. The Balaban J connectivity index is 1.93. The van der Waals surface area contributed by atoms with E-state index in [1.165, 1.54) is 7.11 Å². The van der Waals surface area contributed by atoms with Gasteiger partial charge in [0.15, 0.2) is 12.4 Å². The second kappa shape index (κ2) is 8.86. The Morgan fingerprint density at radius 2 is 1.97 bits per heavy atom. The van der Waals surface area contributed by atoms with Crippen molar-refractivity contribution >= 4 is 51.9 Å². The van der Waals surface area contributed by atoms with Crippen LogP contribution in [0.5, 0.6) is 11.5 Å². The monoisotopic (exact) mass is 431 g/mol. The van der Waals surface area contributed by atoms with Gasteiger partial charge in [0.1, 0.15) is 17.6 Å². The number of hydrogen-bond acceptors (Lipinski definition) is 6. The number of nitriles is 1. The molecule has 2 aromatic carbocycles. The molecule has 0 amide bonds. The molecule has 0 fully saturated rings. The van der Waals surface area contributed by atoms with Gasteiger partial charge in [-0.15, -0.1) is 0 Å². The van der Waals surface area contributed by atoms with E-state index >= 15 is 0 Å². The van der Waals surface area contributed by atoms with Crippen LogP contribution in [0.1, 0.15) is 11.4 Å². The van der Waals surface area contributed by atoms with Gasteiger partial charge >= 0.3 is 5.97 Å². The average molecular weight is 432 g/mol. The molecule has 1 aromatic heterocycles. The molecule has 1 N–H and O–H groups in total. The number of imidazole rings is 1. The zero-order valence-electron chi connectivity index (χ0n) is 15.5. The molecule has 1 heterocycles. The van der Waals surface area contributed by atoms with Crippen molar-refractivity contribution in [3.8, 4) is 17.6 Å². The van der Waals surface area contributed by atoms with Crippen LogP contribution in [0.2, 0.25) is 10.0 Å². The first-order valence-corrected chi connectivity index (χ1v) is 9.05. The van der Waals surface area contributed by atoms with E-state index in [0.29, 0.717) is 22.7 Å². The van der Waals surface area contributed by atoms with Gasteiger partial charge in [-0.25, -0.2) is 9.78 Å². The lowest BCUT2D eigenvalue weighted by molar-refractivity contribution is -0.142. The molecule has 29 heavy (non-hydrogen) atoms. The second-order valence-electron chi connectivity index (χ2n) is 5.82. The molecule has 3 aromatic rings. The number of fused-ring (bicyclic) bond motifs is 1. The zero-order valence-corrected chi connectivity index (χ0v) is 17.0. The molecule has 0 unspecified atom stereocenters. The summed E-state index contributed by atoms with van der Waals surface area (Å²) >= 11 is 12.4. The van der Waals surface area contributed by atoms with Crippen molar-refractivity contribution in [2.24, 2.45) is 0 Å². The van der Waals surface area contributed by atoms with E-state index in [9.17, 15) is 10.1 Å². The number of allylic oxidation sites excluding steroid dienone is 1. The number of esters is 1. The van der Waals surface area contributed by atoms with Gasteiger partial charge in [-0.1, -0.05) is 23.2 Å². The number of methoxy groups -OCH3 is 2. The van der Waals surface area contributed by atoms with Gasteiger partial charge in [0.25, 0.3) is 0 Å². The highest BCUT2D eigenvalue weighted by molar-refractivity contribution is 6.37. The van der Waals surface area contributed by atoms with E-state index in [1.807, 2.05) is 0 Å². The number of carbonyl (C=O) groups is 1. The number of aromatic nitrogens is 2. The van der Waals surface area contributed by atoms with Crippen LogP contribution in [0.15, 0.2) is 30.3 Å². The minimum atomic E-state index is -0.561. The summed E-state index contributed by atoms with van der Waals surface area (Å²) in [4.78, 5) is 18.8. The summed E-state index contributed by atoms with van der Waals surface area (Å²) in [6, 6.07) is 10.6. The van der Waals surface area contributed by atoms with Gasteiger partial charge in [0.2, 0.25) is 0 Å². The fourth-order valence-corrected chi connectivity index (χ4v) is 3.17. The summed E-state index contributed by atoms with van der Waals surface area (Å²) in [6.07, 6.45) is 1.59. The van der Waals surface area contributed by atoms with E-state index in [-0.39, 0.29) is 28.0 Å². The summed E-state index contributed by atoms with van der Waals surface area (Å²) in [6.45, 7) is -0.322. The Bertz CT molecular complexity index is 1130. The lowest BCUT2D eigenvalue weighted by atomic mass is 10.1. The fraction of sp³-hybridized carbons (Fsp3) is 0.150. The Morgan fingerprint density at radius 3 is 2.59 bits per heavy atom. The number of aromatic amines is 1. The smallest absolute Gasteiger partial charge is 0.343 e. The Hall–Kier alpha value is -3.21. The van der Waals surface area contributed by atoms with E-state index in [4.69, 9.17) is 32.7 Å². The van der Waals surface area contributed by atoms with E-state index in [1.54, 1.807) is 43.5 Å². The van der Waals surface area contributed by atoms with Gasteiger partial charge in [-0.2, -0.15) is 5.26 Å². The Morgan fingerprint density at radius 1 is 1.24 bits per heavy atom. The second-order valence-corrected chi connectivity index (χ2v) is 6.63. The molecule has 3 rings (SSSR count). The number of nitrogens with zero attached hydrogens (tertiary/aromatic N) is 2. The lowest BCUT2D eigenvalue weighted by Crippen LogP contribution is -2.12. The van der Waals surface area contributed by atoms with Crippen LogP contribution >= 0.6 is 23.2 Å². The topological polar surface area (TPSA) is 97.2 Å². The van der Waals surface area contributed by atoms with Crippen molar-refractivity contribution in [1.82, 2.24) is 9.97 Å². The van der Waals surface area contributed by atoms with Crippen molar-refractivity contribution in [2.45, 2.75) is 0 Å². The lowest BCUT2D eigenvalue weighted by Gasteiger charge is -2.10. The maximum atomic E-state index is 11.2. The largest absolute Gasteiger partial charge is 0.497 e. The zero-order chi connectivity index (χ0) is 21.0. The van der Waals surface area contributed by atoms with Crippen LogP contribution in [0.4, 0.5) is 0 Å². The van der Waals surface area contributed by atoms with Crippen LogP contribution in [0, 0.1) is 11.3 Å². The number of hydrogen-bond donors (Lipinski definition) is 1. The summed E-state index contributed by atoms with van der Waals surface area (Å²) in [5, 5.41) is 9.97. The molecular formula is C20H15Cl2N3O4. The number of ether oxygens (including phenoxy) is 3. The van der Waals surface area contributed by atoms with Gasteiger partial charge in [0.05, 0.1) is 40.9 Å². The summed E-state index contributed by atoms with van der Waals surface area (Å²) in [7, 11) is 2.82. The molecule has 0 aliphatic rings. The van der Waals surface area contributed by atoms with Crippen LogP contribution in [0.3, 0.4) is 0 Å². The minimum absolute atomic E-state index is 0.158. The summed E-state index contributed by atoms with van der Waals surface area (Å²) < 4.78 is 15.0. The van der Waals surface area contributed by atoms with E-state index in [0.717, 1.165) is 5.52 Å². The number of carbonyl (C=O) groups excluding carboxylic acids is 1. The third kappa shape index (κ3) is 4.62. The molecule has 0 spiro atoms. The number of rotatable bonds is 6. The molecule has 0 saturated heterocycles. The highest BCUT2D eigenvalue weighted by Crippen LogP contribution is 2.35. The maximum absolute atomic E-state index is 11.2. The summed E-state index contributed by atoms with van der Waals surface area (Å²) in [5.74, 6) is 0.671. The highest BCUT2D eigenvalue weighted by atomic mass is 35.5. The molecule has 0 radical (unpaired) electrons. The molecule has 0 bridgehead atoms. The van der Waals surface area contributed by atoms with Gasteiger partial charge in [-0.3, -0.25) is 0 Å². The average Bonchev–Trinajstić information content (AvgIpc) is 3.14. The molecular weight excluding hydrogens is 417 g/mol. The Labute approximate surface area is 176 Å². The SMILES string of the molecule is COC(=O)COc1c(Cl)cc(/C=C(/C#N)c2nc3ccc(OC)cc3[nH]2)cc1Cl. The first-order chi connectivity index (χ1) is 13.9. The molecule has 148 valence electrons. The third-order valence-corrected chi connectivity index (χ3v) is 4.52. The molecule has 7 nitrogen and oxygen atoms in total. The number of halogens is 2. The Kier molecular flexibility index (Phi) is 6.27. The van der Waals surface area contributed by atoms with Crippen molar-refractivity contribution in [1.29, 1.82) is 5.26 Å². The highest BCUT2D eigenvalue weighted by Gasteiger charge is 2.13. The number of nitrogens with one attached hydrogen (secondary N) is 1. The standard InChI is InChI=1S/C20H15Cl2N3O4/c1-27-13-3-4-16-17(8-13)25-20(24-16)12(9-23)5-11-6-14(21)19(15(22)7-11)29-10-18(26)28-2/h3-8H,10H2,1-2H3,(H,24,25)/b12-5-. The van der Waals surface area contributed by atoms with E-state index < -0.39 is 5.97 Å². The molecule has 0 atom stereocenters. The van der Waals surface area contributed by atoms with Crippen LogP contribution in [-0.4, -0.2) is 36.8 Å². The third-order valence-electron chi connectivity index (χ3n) is 3.96. The maximum Gasteiger partial charge on any atom is 0.343 e. The van der Waals surface area contributed by atoms with Crippen LogP contribution in [0.25, 0.3) is 22.7 Å². The molecule has 0 aliphatic carbocycles. The van der Waals surface area contributed by atoms with Crippen LogP contribution in [-0.2, 0) is 9.53 Å². The van der Waals surface area contributed by atoms with E-state index in [2.05, 4.69) is 20.8 Å². The van der Waals surface area contributed by atoms with Crippen molar-refractivity contribution in [3.63, 3.8) is 0 Å². The normalized spacial score (nSPS) is 11.2. The predicted octanol–water partition coefficient (Wildman–Crippen LogP) is 4.49. The minimum Gasteiger partial charge on any atom is -0.497 e. The summed E-state index contributed by atoms with van der Waals surface area (Å²) in [5.41, 5.74) is 2.29. The van der Waals surface area contributed by atoms with Gasteiger partial charge < -0.3 is 19.2 Å². The quantitative estimate of drug-likeness (QED) is 0.455. The first-order valence-electron chi connectivity index (χ1n) is 8.29. The number of benzene rings is 2. The fourth-order valence-electron chi connectivity index (χ4n) is 2.55. The molecule has 9 heteroatoms. The molecule has 0 aliphatic heterocycles. The van der Waals surface area contributed by atoms with Gasteiger partial charge in [0, 0.05) is 6.07 Å². The predicted molar refractivity (Wildman–Crippen MR) is 110 cm³/mol. The van der Waals surface area contributed by atoms with Crippen molar-refractivity contribution in [3.05, 3.63) is 51.8 Å². The number of H-pyrrole nitrogens is 1. The van der Waals surface area contributed by atoms with Gasteiger partial charge in [-0.05, 0) is 35.9 Å². The van der Waals surface area contributed by atoms with Crippen molar-refractivity contribution < 1.29 is 19.0 Å².